The number of rotatable bonds is 4. The molecule has 1 amide bonds. The van der Waals surface area contributed by atoms with Gasteiger partial charge in [-0.15, -0.1) is 0 Å². The summed E-state index contributed by atoms with van der Waals surface area (Å²) in [7, 11) is 0. The molecule has 0 radical (unpaired) electrons. The summed E-state index contributed by atoms with van der Waals surface area (Å²) in [6.07, 6.45) is 0. The van der Waals surface area contributed by atoms with Gasteiger partial charge < -0.3 is 5.32 Å². The van der Waals surface area contributed by atoms with E-state index in [0.29, 0.717) is 10.6 Å². The number of nitrogens with zero attached hydrogens (tertiary/aromatic N) is 2. The smallest absolute Gasteiger partial charge is 0.234 e. The Balaban J connectivity index is 1.75. The van der Waals surface area contributed by atoms with Crippen LogP contribution in [0.2, 0.25) is 0 Å². The summed E-state index contributed by atoms with van der Waals surface area (Å²) < 4.78 is 0. The van der Waals surface area contributed by atoms with E-state index in [1.54, 1.807) is 0 Å². The number of nitrogens with one attached hydrogen (secondary N) is 1. The number of hydrogen-bond acceptors (Lipinski definition) is 4. The van der Waals surface area contributed by atoms with Gasteiger partial charge in [0.1, 0.15) is 11.1 Å². The summed E-state index contributed by atoms with van der Waals surface area (Å²) in [4.78, 5) is 16.8. The van der Waals surface area contributed by atoms with Crippen molar-refractivity contribution in [2.75, 3.05) is 11.1 Å². The van der Waals surface area contributed by atoms with E-state index < -0.39 is 0 Å². The molecule has 0 aliphatic rings. The zero-order valence-corrected chi connectivity index (χ0v) is 15.8. The molecule has 130 valence electrons. The van der Waals surface area contributed by atoms with E-state index in [4.69, 9.17) is 0 Å². The van der Waals surface area contributed by atoms with Crippen molar-refractivity contribution >= 4 is 34.3 Å². The highest BCUT2D eigenvalue weighted by Crippen LogP contribution is 2.25. The van der Waals surface area contributed by atoms with Crippen LogP contribution in [0.4, 0.5) is 5.69 Å². The lowest BCUT2D eigenvalue weighted by Gasteiger charge is -2.09. The van der Waals surface area contributed by atoms with Crippen LogP contribution in [0.5, 0.6) is 0 Å². The first-order valence-corrected chi connectivity index (χ1v) is 9.25. The highest BCUT2D eigenvalue weighted by molar-refractivity contribution is 8.00. The van der Waals surface area contributed by atoms with Gasteiger partial charge in [-0.1, -0.05) is 29.5 Å². The first kappa shape index (κ1) is 18.0. The van der Waals surface area contributed by atoms with Crippen molar-refractivity contribution in [3.05, 3.63) is 64.7 Å². The van der Waals surface area contributed by atoms with Gasteiger partial charge >= 0.3 is 0 Å². The van der Waals surface area contributed by atoms with Crippen LogP contribution >= 0.6 is 11.8 Å². The molecule has 1 aromatic heterocycles. The maximum atomic E-state index is 12.3. The molecule has 0 fully saturated rings. The minimum absolute atomic E-state index is 0.116. The van der Waals surface area contributed by atoms with Gasteiger partial charge in [0.25, 0.3) is 0 Å². The normalized spacial score (nSPS) is 10.5. The highest BCUT2D eigenvalue weighted by atomic mass is 32.2. The van der Waals surface area contributed by atoms with Gasteiger partial charge in [0.15, 0.2) is 0 Å². The Hall–Kier alpha value is -2.84. The average molecular weight is 361 g/mol. The second-order valence-electron chi connectivity index (χ2n) is 6.36. The highest BCUT2D eigenvalue weighted by Gasteiger charge is 2.11. The van der Waals surface area contributed by atoms with Crippen LogP contribution < -0.4 is 5.32 Å². The van der Waals surface area contributed by atoms with Crippen LogP contribution in [0.1, 0.15) is 22.3 Å². The van der Waals surface area contributed by atoms with Crippen molar-refractivity contribution in [1.29, 1.82) is 5.26 Å². The molecule has 0 aliphatic carbocycles. The number of anilines is 1. The van der Waals surface area contributed by atoms with Gasteiger partial charge in [-0.3, -0.25) is 4.79 Å². The fourth-order valence-corrected chi connectivity index (χ4v) is 3.61. The predicted molar refractivity (Wildman–Crippen MR) is 106 cm³/mol. The SMILES string of the molecule is Cc1cc(C)cc(NC(=O)CSc2nc3ccc(C)cc3cc2C#N)c1. The number of aromatic nitrogens is 1. The Bertz CT molecular complexity index is 1020. The van der Waals surface area contributed by atoms with Crippen molar-refractivity contribution in [3.63, 3.8) is 0 Å². The lowest BCUT2D eigenvalue weighted by molar-refractivity contribution is -0.113. The molecule has 5 heteroatoms. The summed E-state index contributed by atoms with van der Waals surface area (Å²) in [6.45, 7) is 6.00. The van der Waals surface area contributed by atoms with E-state index in [0.717, 1.165) is 33.3 Å². The van der Waals surface area contributed by atoms with Crippen molar-refractivity contribution < 1.29 is 4.79 Å². The number of fused-ring (bicyclic) bond motifs is 1. The van der Waals surface area contributed by atoms with Gasteiger partial charge in [-0.2, -0.15) is 5.26 Å². The summed E-state index contributed by atoms with van der Waals surface area (Å²) in [5.41, 5.74) is 5.43. The Morgan fingerprint density at radius 2 is 1.81 bits per heavy atom. The maximum absolute atomic E-state index is 12.3. The molecule has 1 N–H and O–H groups in total. The minimum atomic E-state index is -0.116. The monoisotopic (exact) mass is 361 g/mol. The molecular formula is C21H19N3OS. The first-order valence-electron chi connectivity index (χ1n) is 8.27. The van der Waals surface area contributed by atoms with E-state index in [-0.39, 0.29) is 11.7 Å². The number of carbonyl (C=O) groups is 1. The number of aryl methyl sites for hydroxylation is 3. The molecule has 0 saturated heterocycles. The third kappa shape index (κ3) is 4.22. The Kier molecular flexibility index (Phi) is 5.24. The van der Waals surface area contributed by atoms with Gasteiger partial charge in [0.2, 0.25) is 5.91 Å². The van der Waals surface area contributed by atoms with Crippen molar-refractivity contribution in [3.8, 4) is 6.07 Å². The average Bonchev–Trinajstić information content (AvgIpc) is 2.58. The number of amides is 1. The van der Waals surface area contributed by atoms with Crippen molar-refractivity contribution in [2.24, 2.45) is 0 Å². The van der Waals surface area contributed by atoms with Crippen molar-refractivity contribution in [2.45, 2.75) is 25.8 Å². The topological polar surface area (TPSA) is 65.8 Å². The number of pyridine rings is 1. The minimum Gasteiger partial charge on any atom is -0.325 e. The Morgan fingerprint density at radius 3 is 2.50 bits per heavy atom. The van der Waals surface area contributed by atoms with E-state index in [1.165, 1.54) is 11.8 Å². The van der Waals surface area contributed by atoms with E-state index >= 15 is 0 Å². The third-order valence-corrected chi connectivity index (χ3v) is 4.89. The summed E-state index contributed by atoms with van der Waals surface area (Å²) >= 11 is 1.28. The van der Waals surface area contributed by atoms with Crippen LogP contribution in [-0.2, 0) is 4.79 Å². The molecule has 0 unspecified atom stereocenters. The molecule has 0 saturated carbocycles. The molecule has 0 bridgehead atoms. The molecule has 3 aromatic rings. The van der Waals surface area contributed by atoms with Crippen LogP contribution in [0, 0.1) is 32.1 Å². The third-order valence-electron chi connectivity index (χ3n) is 3.90. The van der Waals surface area contributed by atoms with Gasteiger partial charge in [-0.05, 0) is 62.2 Å². The molecule has 0 atom stereocenters. The Morgan fingerprint density at radius 1 is 1.08 bits per heavy atom. The Labute approximate surface area is 157 Å². The molecule has 2 aromatic carbocycles. The molecule has 0 aliphatic heterocycles. The fraction of sp³-hybridized carbons (Fsp3) is 0.190. The number of hydrogen-bond donors (Lipinski definition) is 1. The lowest BCUT2D eigenvalue weighted by Crippen LogP contribution is -2.14. The van der Waals surface area contributed by atoms with Gasteiger partial charge in [0, 0.05) is 11.1 Å². The van der Waals surface area contributed by atoms with Crippen LogP contribution in [0.15, 0.2) is 47.5 Å². The summed E-state index contributed by atoms with van der Waals surface area (Å²) in [5, 5.41) is 13.8. The molecule has 26 heavy (non-hydrogen) atoms. The standard InChI is InChI=1S/C21H19N3OS/c1-13-4-5-19-16(7-13)10-17(11-22)21(24-19)26-12-20(25)23-18-8-14(2)6-15(3)9-18/h4-10H,12H2,1-3H3,(H,23,25). The first-order chi connectivity index (χ1) is 12.4. The molecular weight excluding hydrogens is 342 g/mol. The molecule has 4 nitrogen and oxygen atoms in total. The fourth-order valence-electron chi connectivity index (χ4n) is 2.85. The summed E-state index contributed by atoms with van der Waals surface area (Å²) in [5.74, 6) is 0.0844. The zero-order valence-electron chi connectivity index (χ0n) is 15.0. The lowest BCUT2D eigenvalue weighted by atomic mass is 10.1. The maximum Gasteiger partial charge on any atom is 0.234 e. The number of nitriles is 1. The van der Waals surface area contributed by atoms with Crippen LogP contribution in [0.25, 0.3) is 10.9 Å². The quantitative estimate of drug-likeness (QED) is 0.680. The second kappa shape index (κ2) is 7.59. The van der Waals surface area contributed by atoms with E-state index in [2.05, 4.69) is 22.4 Å². The second-order valence-corrected chi connectivity index (χ2v) is 7.33. The zero-order chi connectivity index (χ0) is 18.7. The largest absolute Gasteiger partial charge is 0.325 e. The van der Waals surface area contributed by atoms with E-state index in [9.17, 15) is 10.1 Å². The molecule has 3 rings (SSSR count). The van der Waals surface area contributed by atoms with Crippen LogP contribution in [0.3, 0.4) is 0 Å². The molecule has 1 heterocycles. The number of carbonyl (C=O) groups excluding carboxylic acids is 1. The summed E-state index contributed by atoms with van der Waals surface area (Å²) in [6, 6.07) is 15.9. The number of thioether (sulfide) groups is 1. The molecule has 0 spiro atoms. The van der Waals surface area contributed by atoms with Crippen molar-refractivity contribution in [1.82, 2.24) is 4.98 Å². The van der Waals surface area contributed by atoms with Crippen LogP contribution in [-0.4, -0.2) is 16.6 Å². The number of benzene rings is 2. The van der Waals surface area contributed by atoms with E-state index in [1.807, 2.05) is 57.2 Å². The predicted octanol–water partition coefficient (Wildman–Crippen LogP) is 4.76. The van der Waals surface area contributed by atoms with Gasteiger partial charge in [-0.25, -0.2) is 4.98 Å². The van der Waals surface area contributed by atoms with Gasteiger partial charge in [0.05, 0.1) is 16.8 Å².